The highest BCUT2D eigenvalue weighted by Gasteiger charge is 2.22. The zero-order valence-corrected chi connectivity index (χ0v) is 13.8. The molecule has 1 fully saturated rings. The van der Waals surface area contributed by atoms with Crippen molar-refractivity contribution in [1.82, 2.24) is 14.9 Å². The Morgan fingerprint density at radius 3 is 2.91 bits per heavy atom. The Kier molecular flexibility index (Phi) is 5.08. The van der Waals surface area contributed by atoms with Crippen molar-refractivity contribution >= 4 is 5.82 Å². The normalized spacial score (nSPS) is 18.1. The van der Waals surface area contributed by atoms with Gasteiger partial charge < -0.3 is 10.1 Å². The van der Waals surface area contributed by atoms with Crippen LogP contribution in [0.1, 0.15) is 17.8 Å². The molecule has 1 saturated heterocycles. The van der Waals surface area contributed by atoms with E-state index in [1.54, 1.807) is 7.11 Å². The molecule has 0 saturated carbocycles. The second kappa shape index (κ2) is 7.42. The Morgan fingerprint density at radius 1 is 1.22 bits per heavy atom. The Bertz CT molecular complexity index is 646. The fourth-order valence-corrected chi connectivity index (χ4v) is 3.00. The highest BCUT2D eigenvalue weighted by molar-refractivity contribution is 5.35. The SMILES string of the molecule is COc1cccc(CN2CCC(CNc3cccc(C)n3)C2)n1. The molecule has 3 heterocycles. The van der Waals surface area contributed by atoms with Crippen molar-refractivity contribution in [2.24, 2.45) is 5.92 Å². The smallest absolute Gasteiger partial charge is 0.213 e. The third-order valence-electron chi connectivity index (χ3n) is 4.21. The summed E-state index contributed by atoms with van der Waals surface area (Å²) in [6, 6.07) is 12.0. The predicted molar refractivity (Wildman–Crippen MR) is 91.6 cm³/mol. The van der Waals surface area contributed by atoms with Crippen molar-refractivity contribution in [2.45, 2.75) is 19.9 Å². The number of aromatic nitrogens is 2. The molecular formula is C18H24N4O. The van der Waals surface area contributed by atoms with Gasteiger partial charge in [0, 0.05) is 31.4 Å². The summed E-state index contributed by atoms with van der Waals surface area (Å²) in [6.45, 7) is 6.09. The van der Waals surface area contributed by atoms with Gasteiger partial charge in [-0.15, -0.1) is 0 Å². The summed E-state index contributed by atoms with van der Waals surface area (Å²) >= 11 is 0. The first-order valence-electron chi connectivity index (χ1n) is 8.13. The maximum Gasteiger partial charge on any atom is 0.213 e. The molecule has 0 aromatic carbocycles. The minimum atomic E-state index is 0.655. The molecule has 0 bridgehead atoms. The summed E-state index contributed by atoms with van der Waals surface area (Å²) in [5.41, 5.74) is 2.12. The number of aryl methyl sites for hydroxylation is 1. The Balaban J connectivity index is 1.48. The lowest BCUT2D eigenvalue weighted by atomic mass is 10.1. The van der Waals surface area contributed by atoms with Crippen LogP contribution in [0.4, 0.5) is 5.82 Å². The van der Waals surface area contributed by atoms with Crippen LogP contribution >= 0.6 is 0 Å². The molecule has 0 spiro atoms. The molecule has 2 aromatic rings. The summed E-state index contributed by atoms with van der Waals surface area (Å²) in [4.78, 5) is 11.4. The molecule has 0 radical (unpaired) electrons. The van der Waals surface area contributed by atoms with Crippen molar-refractivity contribution in [3.05, 3.63) is 47.8 Å². The van der Waals surface area contributed by atoms with E-state index < -0.39 is 0 Å². The Morgan fingerprint density at radius 2 is 2.09 bits per heavy atom. The molecule has 3 rings (SSSR count). The number of ether oxygens (including phenoxy) is 1. The third kappa shape index (κ3) is 4.42. The molecule has 0 aliphatic carbocycles. The van der Waals surface area contributed by atoms with Gasteiger partial charge in [-0.3, -0.25) is 4.90 Å². The maximum atomic E-state index is 5.19. The second-order valence-electron chi connectivity index (χ2n) is 6.11. The quantitative estimate of drug-likeness (QED) is 0.889. The van der Waals surface area contributed by atoms with Crippen LogP contribution in [0.25, 0.3) is 0 Å². The molecule has 122 valence electrons. The number of anilines is 1. The molecule has 1 atom stereocenters. The Hall–Kier alpha value is -2.14. The van der Waals surface area contributed by atoms with Gasteiger partial charge in [0.15, 0.2) is 0 Å². The van der Waals surface area contributed by atoms with Gasteiger partial charge in [0.1, 0.15) is 5.82 Å². The summed E-state index contributed by atoms with van der Waals surface area (Å²) in [5, 5.41) is 3.46. The lowest BCUT2D eigenvalue weighted by molar-refractivity contribution is 0.312. The number of nitrogens with zero attached hydrogens (tertiary/aromatic N) is 3. The van der Waals surface area contributed by atoms with E-state index in [1.165, 1.54) is 6.42 Å². The van der Waals surface area contributed by atoms with Gasteiger partial charge in [-0.05, 0) is 44.0 Å². The monoisotopic (exact) mass is 312 g/mol. The minimum Gasteiger partial charge on any atom is -0.481 e. The topological polar surface area (TPSA) is 50.3 Å². The van der Waals surface area contributed by atoms with E-state index in [-0.39, 0.29) is 0 Å². The highest BCUT2D eigenvalue weighted by atomic mass is 16.5. The second-order valence-corrected chi connectivity index (χ2v) is 6.11. The number of hydrogen-bond donors (Lipinski definition) is 1. The zero-order valence-electron chi connectivity index (χ0n) is 13.8. The van der Waals surface area contributed by atoms with E-state index in [0.29, 0.717) is 11.8 Å². The summed E-state index contributed by atoms with van der Waals surface area (Å²) < 4.78 is 5.19. The summed E-state index contributed by atoms with van der Waals surface area (Å²) in [5.74, 6) is 2.31. The van der Waals surface area contributed by atoms with Crippen LogP contribution in [0.3, 0.4) is 0 Å². The van der Waals surface area contributed by atoms with Gasteiger partial charge in [0.25, 0.3) is 0 Å². The number of nitrogens with one attached hydrogen (secondary N) is 1. The average Bonchev–Trinajstić information content (AvgIpc) is 3.01. The minimum absolute atomic E-state index is 0.655. The van der Waals surface area contributed by atoms with Gasteiger partial charge in [0.2, 0.25) is 5.88 Å². The fraction of sp³-hybridized carbons (Fsp3) is 0.444. The number of rotatable bonds is 6. The number of likely N-dealkylation sites (tertiary alicyclic amines) is 1. The summed E-state index contributed by atoms with van der Waals surface area (Å²) in [6.07, 6.45) is 1.21. The first-order chi connectivity index (χ1) is 11.2. The van der Waals surface area contributed by atoms with Crippen LogP contribution in [0.15, 0.2) is 36.4 Å². The van der Waals surface area contributed by atoms with E-state index >= 15 is 0 Å². The standard InChI is InChI=1S/C18H24N4O/c1-14-5-3-7-17(20-14)19-11-15-9-10-22(12-15)13-16-6-4-8-18(21-16)23-2/h3-8,15H,9-13H2,1-2H3,(H,19,20). The first kappa shape index (κ1) is 15.7. The molecule has 5 heteroatoms. The van der Waals surface area contributed by atoms with Crippen molar-refractivity contribution in [1.29, 1.82) is 0 Å². The highest BCUT2D eigenvalue weighted by Crippen LogP contribution is 2.19. The van der Waals surface area contributed by atoms with E-state index in [0.717, 1.165) is 43.4 Å². The van der Waals surface area contributed by atoms with Crippen LogP contribution in [-0.4, -0.2) is 41.6 Å². The maximum absolute atomic E-state index is 5.19. The van der Waals surface area contributed by atoms with E-state index in [4.69, 9.17) is 4.74 Å². The number of methoxy groups -OCH3 is 1. The molecule has 1 N–H and O–H groups in total. The molecule has 1 aliphatic rings. The van der Waals surface area contributed by atoms with Gasteiger partial charge in [0.05, 0.1) is 12.8 Å². The average molecular weight is 312 g/mol. The van der Waals surface area contributed by atoms with E-state index in [9.17, 15) is 0 Å². The van der Waals surface area contributed by atoms with Gasteiger partial charge in [-0.25, -0.2) is 9.97 Å². The van der Waals surface area contributed by atoms with E-state index in [1.807, 2.05) is 37.3 Å². The lowest BCUT2D eigenvalue weighted by Gasteiger charge is -2.16. The van der Waals surface area contributed by atoms with Crippen molar-refractivity contribution in [3.63, 3.8) is 0 Å². The molecular weight excluding hydrogens is 288 g/mol. The van der Waals surface area contributed by atoms with Crippen LogP contribution in [0, 0.1) is 12.8 Å². The largest absolute Gasteiger partial charge is 0.481 e. The van der Waals surface area contributed by atoms with Gasteiger partial charge in [-0.1, -0.05) is 12.1 Å². The number of hydrogen-bond acceptors (Lipinski definition) is 5. The van der Waals surface area contributed by atoms with Crippen LogP contribution in [0.2, 0.25) is 0 Å². The van der Waals surface area contributed by atoms with Gasteiger partial charge in [-0.2, -0.15) is 0 Å². The van der Waals surface area contributed by atoms with Gasteiger partial charge >= 0.3 is 0 Å². The first-order valence-corrected chi connectivity index (χ1v) is 8.13. The van der Waals surface area contributed by atoms with Crippen molar-refractivity contribution in [2.75, 3.05) is 32.1 Å². The zero-order chi connectivity index (χ0) is 16.1. The van der Waals surface area contributed by atoms with Crippen molar-refractivity contribution < 1.29 is 4.74 Å². The number of pyridine rings is 2. The lowest BCUT2D eigenvalue weighted by Crippen LogP contribution is -2.23. The third-order valence-corrected chi connectivity index (χ3v) is 4.21. The van der Waals surface area contributed by atoms with E-state index in [2.05, 4.69) is 26.3 Å². The summed E-state index contributed by atoms with van der Waals surface area (Å²) in [7, 11) is 1.66. The molecule has 0 amide bonds. The molecule has 1 aliphatic heterocycles. The Labute approximate surface area is 137 Å². The molecule has 2 aromatic heterocycles. The van der Waals surface area contributed by atoms with Crippen LogP contribution in [0.5, 0.6) is 5.88 Å². The molecule has 23 heavy (non-hydrogen) atoms. The van der Waals surface area contributed by atoms with Crippen LogP contribution in [-0.2, 0) is 6.54 Å². The van der Waals surface area contributed by atoms with Crippen LogP contribution < -0.4 is 10.1 Å². The predicted octanol–water partition coefficient (Wildman–Crippen LogP) is 2.73. The van der Waals surface area contributed by atoms with Crippen molar-refractivity contribution in [3.8, 4) is 5.88 Å². The molecule has 5 nitrogen and oxygen atoms in total. The fourth-order valence-electron chi connectivity index (χ4n) is 3.00. The molecule has 1 unspecified atom stereocenters.